The van der Waals surface area contributed by atoms with Gasteiger partial charge < -0.3 is 9.47 Å². The molecule has 1 aliphatic carbocycles. The lowest BCUT2D eigenvalue weighted by atomic mass is 9.90. The van der Waals surface area contributed by atoms with E-state index >= 15 is 0 Å². The van der Waals surface area contributed by atoms with Gasteiger partial charge in [-0.3, -0.25) is 9.34 Å². The van der Waals surface area contributed by atoms with Crippen LogP contribution in [0, 0.1) is 0 Å². The van der Waals surface area contributed by atoms with Crippen LogP contribution in [-0.2, 0) is 13.1 Å². The van der Waals surface area contributed by atoms with Crippen LogP contribution in [0.3, 0.4) is 0 Å². The normalized spacial score (nSPS) is 23.2. The highest BCUT2D eigenvalue weighted by Crippen LogP contribution is 2.47. The Labute approximate surface area is 164 Å². The van der Waals surface area contributed by atoms with Gasteiger partial charge in [0.25, 0.3) is 0 Å². The van der Waals surface area contributed by atoms with Gasteiger partial charge >= 0.3 is 0 Å². The number of benzene rings is 2. The monoisotopic (exact) mass is 384 g/mol. The van der Waals surface area contributed by atoms with E-state index in [0.717, 1.165) is 24.6 Å². The van der Waals surface area contributed by atoms with Gasteiger partial charge in [-0.05, 0) is 25.0 Å². The number of para-hydroxylation sites is 2. The van der Waals surface area contributed by atoms with Gasteiger partial charge in [-0.1, -0.05) is 49.2 Å². The van der Waals surface area contributed by atoms with Crippen molar-refractivity contribution in [3.63, 3.8) is 0 Å². The molecule has 1 aliphatic heterocycles. The fourth-order valence-corrected chi connectivity index (χ4v) is 6.18. The van der Waals surface area contributed by atoms with Crippen molar-refractivity contribution in [3.05, 3.63) is 59.7 Å². The maximum absolute atomic E-state index is 5.59. The molecule has 2 fully saturated rings. The van der Waals surface area contributed by atoms with Gasteiger partial charge in [0.05, 0.1) is 14.2 Å². The predicted octanol–water partition coefficient (Wildman–Crippen LogP) is 4.84. The van der Waals surface area contributed by atoms with Crippen LogP contribution in [-0.4, -0.2) is 35.6 Å². The lowest BCUT2D eigenvalue weighted by Crippen LogP contribution is -2.39. The number of hydrogen-bond acceptors (Lipinski definition) is 4. The first-order chi connectivity index (χ1) is 13.3. The largest absolute Gasteiger partial charge is 0.496 e. The minimum absolute atomic E-state index is 0.650. The Kier molecular flexibility index (Phi) is 5.97. The molecule has 0 aromatic heterocycles. The molecule has 0 bridgehead atoms. The van der Waals surface area contributed by atoms with E-state index in [1.54, 1.807) is 14.2 Å². The first-order valence-electron chi connectivity index (χ1n) is 9.83. The summed E-state index contributed by atoms with van der Waals surface area (Å²) in [7, 11) is 4.24. The topological polar surface area (TPSA) is 24.9 Å². The minimum Gasteiger partial charge on any atom is -0.496 e. The van der Waals surface area contributed by atoms with Crippen molar-refractivity contribution in [2.45, 2.75) is 50.9 Å². The summed E-state index contributed by atoms with van der Waals surface area (Å²) < 4.78 is 16.5. The molecule has 4 nitrogen and oxygen atoms in total. The first kappa shape index (κ1) is 18.7. The van der Waals surface area contributed by atoms with E-state index in [9.17, 15) is 0 Å². The predicted molar refractivity (Wildman–Crippen MR) is 111 cm³/mol. The second-order valence-corrected chi connectivity index (χ2v) is 8.75. The summed E-state index contributed by atoms with van der Waals surface area (Å²) in [5.74, 6) is 2.00. The molecule has 4 rings (SSSR count). The van der Waals surface area contributed by atoms with Crippen LogP contribution in [0.15, 0.2) is 48.5 Å². The zero-order valence-electron chi connectivity index (χ0n) is 16.2. The maximum atomic E-state index is 5.59. The summed E-state index contributed by atoms with van der Waals surface area (Å²) in [6.45, 7) is 1.93. The number of ether oxygens (including phenoxy) is 2. The van der Waals surface area contributed by atoms with E-state index in [2.05, 4.69) is 45.7 Å². The summed E-state index contributed by atoms with van der Waals surface area (Å²) in [5, 5.41) is 0. The van der Waals surface area contributed by atoms with Gasteiger partial charge in [0.1, 0.15) is 11.5 Å². The highest BCUT2D eigenvalue weighted by Gasteiger charge is 2.41. The van der Waals surface area contributed by atoms with Crippen molar-refractivity contribution in [3.8, 4) is 11.5 Å². The third-order valence-corrected chi connectivity index (χ3v) is 7.31. The van der Waals surface area contributed by atoms with Gasteiger partial charge in [-0.2, -0.15) is 0 Å². The second kappa shape index (κ2) is 8.60. The number of nitrogens with zero attached hydrogens (tertiary/aromatic N) is 2. The van der Waals surface area contributed by atoms with Gasteiger partial charge in [0.2, 0.25) is 0 Å². The minimum atomic E-state index is 0.650. The Bertz CT molecular complexity index is 706. The standard InChI is InChI=1S/C22H29N2O2P/c1-25-21-13-7-3-9-17(21)15-23-19-11-5-6-12-20(19)24(27-23)16-18-10-4-8-14-22(18)26-2/h3-4,7-10,13-14,19-20,27H,5-6,11-12,15-16H2,1-2H3/t19-,20-/m0/s1. The molecule has 1 heterocycles. The van der Waals surface area contributed by atoms with Crippen LogP contribution >= 0.6 is 8.88 Å². The van der Waals surface area contributed by atoms with Crippen molar-refractivity contribution in [2.75, 3.05) is 14.2 Å². The third kappa shape index (κ3) is 3.99. The second-order valence-electron chi connectivity index (χ2n) is 7.40. The highest BCUT2D eigenvalue weighted by atomic mass is 31.1. The Morgan fingerprint density at radius 3 is 1.67 bits per heavy atom. The zero-order chi connectivity index (χ0) is 18.6. The van der Waals surface area contributed by atoms with E-state index in [0.29, 0.717) is 21.0 Å². The van der Waals surface area contributed by atoms with Gasteiger partial charge in [-0.25, -0.2) is 0 Å². The molecule has 0 unspecified atom stereocenters. The summed E-state index contributed by atoms with van der Waals surface area (Å²) in [5.41, 5.74) is 2.58. The van der Waals surface area contributed by atoms with Crippen LogP contribution in [0.2, 0.25) is 0 Å². The molecule has 0 N–H and O–H groups in total. The molecule has 2 aliphatic rings. The molecule has 27 heavy (non-hydrogen) atoms. The summed E-state index contributed by atoms with van der Waals surface area (Å²) in [4.78, 5) is 0. The Morgan fingerprint density at radius 2 is 1.22 bits per heavy atom. The number of fused-ring (bicyclic) bond motifs is 1. The molecular weight excluding hydrogens is 355 g/mol. The number of methoxy groups -OCH3 is 2. The molecule has 144 valence electrons. The molecule has 5 heteroatoms. The van der Waals surface area contributed by atoms with Gasteiger partial charge in [-0.15, -0.1) is 0 Å². The molecule has 0 radical (unpaired) electrons. The lowest BCUT2D eigenvalue weighted by molar-refractivity contribution is 0.196. The fraction of sp³-hybridized carbons (Fsp3) is 0.455. The van der Waals surface area contributed by atoms with E-state index in [-0.39, 0.29) is 0 Å². The van der Waals surface area contributed by atoms with Crippen molar-refractivity contribution in [2.24, 2.45) is 0 Å². The van der Waals surface area contributed by atoms with Crippen molar-refractivity contribution < 1.29 is 9.47 Å². The van der Waals surface area contributed by atoms with Gasteiger partial charge in [0, 0.05) is 45.2 Å². The SMILES string of the molecule is COc1ccccc1CN1PN(Cc2ccccc2OC)[C@H]2CCCC[C@@H]21. The molecule has 1 saturated carbocycles. The number of hydrogen-bond donors (Lipinski definition) is 0. The van der Waals surface area contributed by atoms with Crippen LogP contribution in [0.25, 0.3) is 0 Å². The molecule has 2 aromatic carbocycles. The number of rotatable bonds is 6. The fourth-order valence-electron chi connectivity index (χ4n) is 4.47. The van der Waals surface area contributed by atoms with E-state index in [1.807, 2.05) is 12.1 Å². The Balaban J connectivity index is 1.54. The highest BCUT2D eigenvalue weighted by molar-refractivity contribution is 7.32. The van der Waals surface area contributed by atoms with Gasteiger partial charge in [0.15, 0.2) is 0 Å². The maximum Gasteiger partial charge on any atom is 0.123 e. The lowest BCUT2D eigenvalue weighted by Gasteiger charge is -2.32. The summed E-state index contributed by atoms with van der Waals surface area (Å²) in [6.07, 6.45) is 5.29. The summed E-state index contributed by atoms with van der Waals surface area (Å²) in [6, 6.07) is 18.2. The molecule has 2 aromatic rings. The Hall–Kier alpha value is -1.61. The average Bonchev–Trinajstić information content (AvgIpc) is 3.06. The van der Waals surface area contributed by atoms with Crippen LogP contribution in [0.4, 0.5) is 0 Å². The molecule has 2 atom stereocenters. The van der Waals surface area contributed by atoms with Crippen LogP contribution in [0.5, 0.6) is 11.5 Å². The Morgan fingerprint density at radius 1 is 0.778 bits per heavy atom. The molecule has 0 spiro atoms. The first-order valence-corrected chi connectivity index (χ1v) is 10.7. The summed E-state index contributed by atoms with van der Waals surface area (Å²) >= 11 is 0. The average molecular weight is 384 g/mol. The third-order valence-electron chi connectivity index (χ3n) is 5.82. The van der Waals surface area contributed by atoms with E-state index < -0.39 is 0 Å². The van der Waals surface area contributed by atoms with E-state index in [1.165, 1.54) is 36.8 Å². The molecular formula is C22H29N2O2P. The van der Waals surface area contributed by atoms with Crippen molar-refractivity contribution in [1.82, 2.24) is 9.34 Å². The van der Waals surface area contributed by atoms with Crippen LogP contribution in [0.1, 0.15) is 36.8 Å². The van der Waals surface area contributed by atoms with Crippen molar-refractivity contribution >= 4 is 8.88 Å². The molecule has 0 amide bonds. The zero-order valence-corrected chi connectivity index (χ0v) is 17.2. The molecule has 1 saturated heterocycles. The quantitative estimate of drug-likeness (QED) is 0.666. The smallest absolute Gasteiger partial charge is 0.123 e. The van der Waals surface area contributed by atoms with Crippen molar-refractivity contribution in [1.29, 1.82) is 0 Å². The van der Waals surface area contributed by atoms with E-state index in [4.69, 9.17) is 9.47 Å². The van der Waals surface area contributed by atoms with Crippen LogP contribution < -0.4 is 9.47 Å².